The van der Waals surface area contributed by atoms with Crippen LogP contribution in [0.5, 0.6) is 0 Å². The fourth-order valence-electron chi connectivity index (χ4n) is 2.44. The Balaban J connectivity index is 1.88. The third-order valence-electron chi connectivity index (χ3n) is 3.23. The van der Waals surface area contributed by atoms with Crippen molar-refractivity contribution < 1.29 is 4.21 Å². The highest BCUT2D eigenvalue weighted by Crippen LogP contribution is 2.46. The quantitative estimate of drug-likeness (QED) is 0.682. The van der Waals surface area contributed by atoms with E-state index in [1.807, 2.05) is 4.31 Å². The molecule has 1 heterocycles. The second-order valence-corrected chi connectivity index (χ2v) is 7.42. The normalized spacial score (nSPS) is 41.0. The first-order chi connectivity index (χ1) is 6.39. The summed E-state index contributed by atoms with van der Waals surface area (Å²) in [5, 5.41) is 3.55. The van der Waals surface area contributed by atoms with Crippen LogP contribution in [0.25, 0.3) is 0 Å². The molecule has 0 amide bonds. The van der Waals surface area contributed by atoms with Crippen molar-refractivity contribution in [1.29, 1.82) is 0 Å². The van der Waals surface area contributed by atoms with Gasteiger partial charge in [-0.2, -0.15) is 0 Å². The van der Waals surface area contributed by atoms with Crippen LogP contribution in [0.15, 0.2) is 0 Å². The van der Waals surface area contributed by atoms with Gasteiger partial charge in [0, 0.05) is 41.1 Å². The Hall–Kier alpha value is -0.0600. The van der Waals surface area contributed by atoms with Crippen LogP contribution in [-0.2, 0) is 9.71 Å². The summed E-state index contributed by atoms with van der Waals surface area (Å²) in [7, 11) is -1.95. The second-order valence-electron chi connectivity index (χ2n) is 4.98. The third-order valence-corrected chi connectivity index (χ3v) is 4.62. The molecular formula is C10H20N2OS. The van der Waals surface area contributed by atoms with Crippen molar-refractivity contribution in [2.75, 3.05) is 19.3 Å². The van der Waals surface area contributed by atoms with Gasteiger partial charge in [-0.05, 0) is 17.7 Å². The third kappa shape index (κ3) is 1.83. The van der Waals surface area contributed by atoms with Gasteiger partial charge in [0.15, 0.2) is 0 Å². The minimum absolute atomic E-state index is 0.560. The first kappa shape index (κ1) is 10.5. The molecule has 1 aliphatic carbocycles. The highest BCUT2D eigenvalue weighted by molar-refractivity contribution is 7.97. The Morgan fingerprint density at radius 3 is 2.29 bits per heavy atom. The first-order valence-electron chi connectivity index (χ1n) is 5.23. The van der Waals surface area contributed by atoms with Gasteiger partial charge in [0.1, 0.15) is 0 Å². The maximum atomic E-state index is 11.7. The van der Waals surface area contributed by atoms with E-state index in [2.05, 4.69) is 25.0 Å². The van der Waals surface area contributed by atoms with Crippen LogP contribution in [0.2, 0.25) is 0 Å². The van der Waals surface area contributed by atoms with Gasteiger partial charge in [0.25, 0.3) is 0 Å². The summed E-state index contributed by atoms with van der Waals surface area (Å²) >= 11 is 0. The minimum Gasteiger partial charge on any atom is -0.311 e. The molecule has 1 saturated carbocycles. The lowest BCUT2D eigenvalue weighted by molar-refractivity contribution is 0.427. The predicted octanol–water partition coefficient (Wildman–Crippen LogP) is 0.176. The van der Waals surface area contributed by atoms with Crippen LogP contribution >= 0.6 is 0 Å². The van der Waals surface area contributed by atoms with E-state index >= 15 is 0 Å². The van der Waals surface area contributed by atoms with Gasteiger partial charge in [-0.3, -0.25) is 4.21 Å². The van der Waals surface area contributed by atoms with Gasteiger partial charge in [-0.15, -0.1) is 0 Å². The Morgan fingerprint density at radius 2 is 1.93 bits per heavy atom. The molecule has 4 heteroatoms. The summed E-state index contributed by atoms with van der Waals surface area (Å²) in [6.45, 7) is 6.29. The van der Waals surface area contributed by atoms with Crippen molar-refractivity contribution in [3.63, 3.8) is 0 Å². The van der Waals surface area contributed by atoms with E-state index in [9.17, 15) is 4.21 Å². The van der Waals surface area contributed by atoms with Crippen molar-refractivity contribution in [2.24, 2.45) is 11.8 Å². The molecule has 1 N–H and O–H groups in total. The lowest BCUT2D eigenvalue weighted by Gasteiger charge is -2.21. The Morgan fingerprint density at radius 1 is 1.43 bits per heavy atom. The van der Waals surface area contributed by atoms with Gasteiger partial charge in [-0.1, -0.05) is 13.8 Å². The Kier molecular flexibility index (Phi) is 2.40. The standard InChI is InChI=1S/C10H20N2OS/c1-7(2)11-10-8-5-12(6-9(8)10)14(3,4)13/h7-11H,3,5-6H2,1-2,4H3/t8-,9+,10?,14?. The SMILES string of the molecule is C=S(C)(=O)N1C[C@@H]2C(NC(C)C)[C@@H]2C1. The molecule has 14 heavy (non-hydrogen) atoms. The Labute approximate surface area is 87.0 Å². The first-order valence-corrected chi connectivity index (χ1v) is 7.32. The van der Waals surface area contributed by atoms with Crippen molar-refractivity contribution in [1.82, 2.24) is 9.62 Å². The average Bonchev–Trinajstić information content (AvgIpc) is 2.50. The molecule has 2 fully saturated rings. The number of rotatable bonds is 3. The molecule has 4 atom stereocenters. The number of hydrogen-bond acceptors (Lipinski definition) is 2. The summed E-state index contributed by atoms with van der Waals surface area (Å²) in [4.78, 5) is 0. The van der Waals surface area contributed by atoms with E-state index in [1.165, 1.54) is 0 Å². The molecule has 0 spiro atoms. The number of fused-ring (bicyclic) bond motifs is 1. The summed E-state index contributed by atoms with van der Waals surface area (Å²) in [6.07, 6.45) is 1.74. The minimum atomic E-state index is -1.95. The highest BCUT2D eigenvalue weighted by atomic mass is 32.2. The lowest BCUT2D eigenvalue weighted by atomic mass is 10.3. The molecule has 2 unspecified atom stereocenters. The van der Waals surface area contributed by atoms with E-state index in [0.29, 0.717) is 12.1 Å². The number of nitrogens with zero attached hydrogens (tertiary/aromatic N) is 1. The maximum absolute atomic E-state index is 11.7. The van der Waals surface area contributed by atoms with E-state index in [-0.39, 0.29) is 0 Å². The zero-order valence-electron chi connectivity index (χ0n) is 9.19. The molecule has 82 valence electrons. The van der Waals surface area contributed by atoms with E-state index in [1.54, 1.807) is 6.26 Å². The van der Waals surface area contributed by atoms with Gasteiger partial charge in [0.2, 0.25) is 0 Å². The van der Waals surface area contributed by atoms with Gasteiger partial charge >= 0.3 is 0 Å². The second kappa shape index (κ2) is 3.22. The fraction of sp³-hybridized carbons (Fsp3) is 0.900. The van der Waals surface area contributed by atoms with Crippen molar-refractivity contribution >= 4 is 15.6 Å². The number of nitrogens with one attached hydrogen (secondary N) is 1. The largest absolute Gasteiger partial charge is 0.311 e. The van der Waals surface area contributed by atoms with E-state index in [0.717, 1.165) is 24.9 Å². The smallest absolute Gasteiger partial charge is 0.0245 e. The molecule has 1 saturated heterocycles. The lowest BCUT2D eigenvalue weighted by Crippen LogP contribution is -2.36. The predicted molar refractivity (Wildman–Crippen MR) is 61.8 cm³/mol. The zero-order chi connectivity index (χ0) is 10.5. The molecule has 3 nitrogen and oxygen atoms in total. The van der Waals surface area contributed by atoms with Crippen molar-refractivity contribution in [3.8, 4) is 0 Å². The zero-order valence-corrected chi connectivity index (χ0v) is 10.0. The van der Waals surface area contributed by atoms with Gasteiger partial charge in [0.05, 0.1) is 0 Å². The van der Waals surface area contributed by atoms with Crippen LogP contribution in [0.3, 0.4) is 0 Å². The molecule has 0 radical (unpaired) electrons. The van der Waals surface area contributed by atoms with Crippen LogP contribution in [0.1, 0.15) is 13.8 Å². The van der Waals surface area contributed by atoms with Crippen LogP contribution < -0.4 is 5.32 Å². The summed E-state index contributed by atoms with van der Waals surface area (Å²) < 4.78 is 13.7. The topological polar surface area (TPSA) is 32.3 Å². The van der Waals surface area contributed by atoms with Crippen LogP contribution in [0, 0.1) is 11.8 Å². The Bertz CT molecular complexity index is 311. The average molecular weight is 216 g/mol. The van der Waals surface area contributed by atoms with Crippen molar-refractivity contribution in [3.05, 3.63) is 0 Å². The van der Waals surface area contributed by atoms with Gasteiger partial charge < -0.3 is 5.32 Å². The molecule has 1 aliphatic heterocycles. The molecule has 0 aromatic heterocycles. The van der Waals surface area contributed by atoms with Gasteiger partial charge in [-0.25, -0.2) is 4.31 Å². The van der Waals surface area contributed by atoms with E-state index in [4.69, 9.17) is 0 Å². The maximum Gasteiger partial charge on any atom is 0.0245 e. The van der Waals surface area contributed by atoms with Crippen LogP contribution in [-0.4, -0.2) is 45.8 Å². The van der Waals surface area contributed by atoms with E-state index < -0.39 is 9.71 Å². The molecule has 0 bridgehead atoms. The molecular weight excluding hydrogens is 196 g/mol. The molecule has 0 aromatic rings. The van der Waals surface area contributed by atoms with Crippen LogP contribution in [0.4, 0.5) is 0 Å². The number of piperidine rings is 1. The van der Waals surface area contributed by atoms with Crippen molar-refractivity contribution in [2.45, 2.75) is 25.9 Å². The summed E-state index contributed by atoms with van der Waals surface area (Å²) in [6, 6.07) is 1.23. The summed E-state index contributed by atoms with van der Waals surface area (Å²) in [5.41, 5.74) is 0. The highest BCUT2D eigenvalue weighted by Gasteiger charge is 2.56. The monoisotopic (exact) mass is 216 g/mol. The molecule has 0 aromatic carbocycles. The summed E-state index contributed by atoms with van der Waals surface area (Å²) in [5.74, 6) is 5.17. The fourth-order valence-corrected chi connectivity index (χ4v) is 3.41. The molecule has 2 aliphatic rings. The number of hydrogen-bond donors (Lipinski definition) is 1. The molecule has 2 rings (SSSR count).